The highest BCUT2D eigenvalue weighted by atomic mass is 16.7. The molecule has 0 aromatic carbocycles. The Morgan fingerprint density at radius 2 is 1.71 bits per heavy atom. The van der Waals surface area contributed by atoms with E-state index in [1.54, 1.807) is 5.06 Å². The van der Waals surface area contributed by atoms with Gasteiger partial charge in [-0.05, 0) is 40.0 Å². The van der Waals surface area contributed by atoms with Gasteiger partial charge in [-0.15, -0.1) is 5.06 Å². The van der Waals surface area contributed by atoms with Crippen molar-refractivity contribution in [3.8, 4) is 0 Å². The first-order valence-corrected chi connectivity index (χ1v) is 7.75. The summed E-state index contributed by atoms with van der Waals surface area (Å²) in [6.45, 7) is 8.48. The molecule has 0 spiro atoms. The van der Waals surface area contributed by atoms with Crippen LogP contribution >= 0.6 is 0 Å². The van der Waals surface area contributed by atoms with Crippen molar-refractivity contribution in [3.05, 3.63) is 0 Å². The lowest BCUT2D eigenvalue weighted by molar-refractivity contribution is -0.205. The predicted octanol–water partition coefficient (Wildman–Crippen LogP) is 2.53. The number of rotatable bonds is 6. The van der Waals surface area contributed by atoms with Gasteiger partial charge in [0.2, 0.25) is 0 Å². The van der Waals surface area contributed by atoms with Crippen molar-refractivity contribution < 1.29 is 19.2 Å². The van der Waals surface area contributed by atoms with Crippen molar-refractivity contribution in [2.24, 2.45) is 11.3 Å². The molecule has 0 aromatic rings. The van der Waals surface area contributed by atoms with Crippen LogP contribution in [0.4, 0.5) is 0 Å². The molecule has 0 bridgehead atoms. The fourth-order valence-corrected chi connectivity index (χ4v) is 2.23. The molecule has 1 fully saturated rings. The first kappa shape index (κ1) is 17.8. The fraction of sp³-hybridized carbons (Fsp3) is 0.812. The molecule has 0 aliphatic carbocycles. The van der Waals surface area contributed by atoms with E-state index in [0.29, 0.717) is 32.4 Å². The van der Waals surface area contributed by atoms with E-state index in [0.717, 1.165) is 6.42 Å². The average Bonchev–Trinajstić information content (AvgIpc) is 2.38. The second kappa shape index (κ2) is 7.69. The minimum absolute atomic E-state index is 0.0316. The van der Waals surface area contributed by atoms with Crippen LogP contribution in [0.3, 0.4) is 0 Å². The Labute approximate surface area is 127 Å². The molecule has 0 aromatic heterocycles. The number of piperidine rings is 1. The van der Waals surface area contributed by atoms with Gasteiger partial charge < -0.3 is 4.84 Å². The Hall–Kier alpha value is -1.23. The van der Waals surface area contributed by atoms with Crippen LogP contribution in [-0.2, 0) is 19.2 Å². The van der Waals surface area contributed by atoms with Crippen LogP contribution in [0.15, 0.2) is 0 Å². The van der Waals surface area contributed by atoms with Crippen molar-refractivity contribution in [1.29, 1.82) is 0 Å². The second-order valence-electron chi connectivity index (χ2n) is 6.76. The van der Waals surface area contributed by atoms with E-state index < -0.39 is 5.41 Å². The molecule has 1 heterocycles. The van der Waals surface area contributed by atoms with Crippen molar-refractivity contribution in [3.63, 3.8) is 0 Å². The molecule has 0 radical (unpaired) electrons. The number of hydroxylamine groups is 2. The number of hydrogen-bond donors (Lipinski definition) is 0. The number of carbonyl (C=O) groups is 3. The number of Topliss-reactive ketones (excluding diaryl/α,β-unsaturated/α-hetero) is 2. The first-order valence-electron chi connectivity index (χ1n) is 7.75. The molecule has 0 N–H and O–H groups in total. The SMILES string of the molecule is CCCC(=O)CC(=O)C1CCN(OC(=O)C(C)(C)C)CC1. The summed E-state index contributed by atoms with van der Waals surface area (Å²) in [5.41, 5.74) is -0.529. The Kier molecular flexibility index (Phi) is 6.52. The van der Waals surface area contributed by atoms with Gasteiger partial charge >= 0.3 is 5.97 Å². The van der Waals surface area contributed by atoms with E-state index in [-0.39, 0.29) is 29.9 Å². The molecular formula is C16H27NO4. The molecule has 1 aliphatic heterocycles. The maximum absolute atomic E-state index is 12.0. The number of nitrogens with zero attached hydrogens (tertiary/aromatic N) is 1. The molecule has 0 unspecified atom stereocenters. The van der Waals surface area contributed by atoms with Gasteiger partial charge in [-0.2, -0.15) is 0 Å². The topological polar surface area (TPSA) is 63.7 Å². The molecule has 1 aliphatic rings. The molecule has 0 amide bonds. The third kappa shape index (κ3) is 5.96. The molecule has 1 saturated heterocycles. The van der Waals surface area contributed by atoms with E-state index >= 15 is 0 Å². The number of hydrogen-bond acceptors (Lipinski definition) is 5. The minimum atomic E-state index is -0.529. The van der Waals surface area contributed by atoms with Crippen molar-refractivity contribution >= 4 is 17.5 Å². The Morgan fingerprint density at radius 3 is 2.19 bits per heavy atom. The molecule has 1 rings (SSSR count). The zero-order valence-corrected chi connectivity index (χ0v) is 13.6. The third-order valence-corrected chi connectivity index (χ3v) is 3.63. The molecule has 0 atom stereocenters. The van der Waals surface area contributed by atoms with Crippen LogP contribution < -0.4 is 0 Å². The summed E-state index contributed by atoms with van der Waals surface area (Å²) in [5, 5.41) is 1.63. The highest BCUT2D eigenvalue weighted by Crippen LogP contribution is 2.22. The maximum Gasteiger partial charge on any atom is 0.330 e. The predicted molar refractivity (Wildman–Crippen MR) is 79.4 cm³/mol. The third-order valence-electron chi connectivity index (χ3n) is 3.63. The molecule has 21 heavy (non-hydrogen) atoms. The summed E-state index contributed by atoms with van der Waals surface area (Å²) in [6, 6.07) is 0. The normalized spacial score (nSPS) is 17.5. The van der Waals surface area contributed by atoms with Crippen LogP contribution in [0, 0.1) is 11.3 Å². The van der Waals surface area contributed by atoms with Crippen LogP contribution in [0.25, 0.3) is 0 Å². The van der Waals surface area contributed by atoms with E-state index in [9.17, 15) is 14.4 Å². The van der Waals surface area contributed by atoms with Crippen LogP contribution in [0.2, 0.25) is 0 Å². The van der Waals surface area contributed by atoms with Gasteiger partial charge in [-0.1, -0.05) is 6.92 Å². The summed E-state index contributed by atoms with van der Waals surface area (Å²) >= 11 is 0. The van der Waals surface area contributed by atoms with E-state index in [2.05, 4.69) is 0 Å². The average molecular weight is 297 g/mol. The van der Waals surface area contributed by atoms with E-state index in [4.69, 9.17) is 4.84 Å². The second-order valence-corrected chi connectivity index (χ2v) is 6.76. The summed E-state index contributed by atoms with van der Waals surface area (Å²) in [6.07, 6.45) is 2.62. The Bertz CT molecular complexity index is 390. The van der Waals surface area contributed by atoms with Gasteiger partial charge in [0.05, 0.1) is 11.8 Å². The van der Waals surface area contributed by atoms with Crippen molar-refractivity contribution in [2.75, 3.05) is 13.1 Å². The van der Waals surface area contributed by atoms with Gasteiger partial charge in [0.1, 0.15) is 11.6 Å². The highest BCUT2D eigenvalue weighted by molar-refractivity contribution is 6.00. The number of carbonyl (C=O) groups excluding carboxylic acids is 3. The van der Waals surface area contributed by atoms with E-state index in [1.807, 2.05) is 27.7 Å². The number of ketones is 2. The van der Waals surface area contributed by atoms with Gasteiger partial charge in [0.15, 0.2) is 0 Å². The molecule has 5 heteroatoms. The maximum atomic E-state index is 12.0. The zero-order chi connectivity index (χ0) is 16.0. The lowest BCUT2D eigenvalue weighted by Crippen LogP contribution is -2.40. The molecule has 5 nitrogen and oxygen atoms in total. The lowest BCUT2D eigenvalue weighted by Gasteiger charge is -2.31. The van der Waals surface area contributed by atoms with Gasteiger partial charge in [-0.25, -0.2) is 4.79 Å². The summed E-state index contributed by atoms with van der Waals surface area (Å²) in [7, 11) is 0. The van der Waals surface area contributed by atoms with Crippen LogP contribution in [0.5, 0.6) is 0 Å². The van der Waals surface area contributed by atoms with Gasteiger partial charge in [0, 0.05) is 25.4 Å². The lowest BCUT2D eigenvalue weighted by atomic mass is 9.90. The molecular weight excluding hydrogens is 270 g/mol. The monoisotopic (exact) mass is 297 g/mol. The molecule has 0 saturated carbocycles. The standard InChI is InChI=1S/C16H27NO4/c1-5-6-13(18)11-14(19)12-7-9-17(10-8-12)21-15(20)16(2,3)4/h12H,5-11H2,1-4H3. The highest BCUT2D eigenvalue weighted by Gasteiger charge is 2.30. The van der Waals surface area contributed by atoms with E-state index in [1.165, 1.54) is 0 Å². The quantitative estimate of drug-likeness (QED) is 0.705. The van der Waals surface area contributed by atoms with Crippen LogP contribution in [0.1, 0.15) is 59.8 Å². The summed E-state index contributed by atoms with van der Waals surface area (Å²) in [5.74, 6) is -0.264. The Morgan fingerprint density at radius 1 is 1.14 bits per heavy atom. The largest absolute Gasteiger partial charge is 0.367 e. The Balaban J connectivity index is 2.37. The minimum Gasteiger partial charge on any atom is -0.367 e. The van der Waals surface area contributed by atoms with Crippen molar-refractivity contribution in [2.45, 2.75) is 59.8 Å². The van der Waals surface area contributed by atoms with Gasteiger partial charge in [-0.3, -0.25) is 9.59 Å². The smallest absolute Gasteiger partial charge is 0.330 e. The summed E-state index contributed by atoms with van der Waals surface area (Å²) in [4.78, 5) is 40.6. The van der Waals surface area contributed by atoms with Crippen LogP contribution in [-0.4, -0.2) is 35.7 Å². The molecule has 120 valence electrons. The van der Waals surface area contributed by atoms with Crippen molar-refractivity contribution in [1.82, 2.24) is 5.06 Å². The fourth-order valence-electron chi connectivity index (χ4n) is 2.23. The summed E-state index contributed by atoms with van der Waals surface area (Å²) < 4.78 is 0. The zero-order valence-electron chi connectivity index (χ0n) is 13.6. The first-order chi connectivity index (χ1) is 9.74. The van der Waals surface area contributed by atoms with Gasteiger partial charge in [0.25, 0.3) is 0 Å².